The van der Waals surface area contributed by atoms with E-state index in [1.54, 1.807) is 33.4 Å². The lowest BCUT2D eigenvalue weighted by molar-refractivity contribution is -0.142. The molecule has 0 aliphatic rings. The summed E-state index contributed by atoms with van der Waals surface area (Å²) < 4.78 is 108. The van der Waals surface area contributed by atoms with Crippen LogP contribution in [0.2, 0.25) is 0 Å². The van der Waals surface area contributed by atoms with E-state index in [-0.39, 0.29) is 22.5 Å². The molecule has 12 rings (SSSR count). The van der Waals surface area contributed by atoms with E-state index in [4.69, 9.17) is 8.83 Å². The summed E-state index contributed by atoms with van der Waals surface area (Å²) in [6, 6.07) is 43.7. The molecule has 0 unspecified atom stereocenters. The number of para-hydroxylation sites is 4. The van der Waals surface area contributed by atoms with Crippen LogP contribution in [0.1, 0.15) is 16.7 Å². The highest BCUT2D eigenvalue weighted by atomic mass is 19.4. The molecule has 8 aromatic carbocycles. The van der Waals surface area contributed by atoms with E-state index in [2.05, 4.69) is 6.07 Å². The van der Waals surface area contributed by atoms with Gasteiger partial charge in [0.15, 0.2) is 0 Å². The molecule has 11 heteroatoms. The first-order chi connectivity index (χ1) is 30.0. The zero-order valence-corrected chi connectivity index (χ0v) is 31.9. The number of nitrogens with zero attached hydrogens (tertiary/aromatic N) is 3. The Kier molecular flexibility index (Phi) is 7.26. The number of hydrogen-bond donors (Lipinski definition) is 0. The molecule has 12 aromatic rings. The second-order valence-corrected chi connectivity index (χ2v) is 15.3. The van der Waals surface area contributed by atoms with Gasteiger partial charge in [0.05, 0.1) is 60.9 Å². The van der Waals surface area contributed by atoms with Crippen molar-refractivity contribution in [1.29, 1.82) is 5.26 Å². The van der Waals surface area contributed by atoms with Crippen molar-refractivity contribution in [3.05, 3.63) is 168 Å². The van der Waals surface area contributed by atoms with Gasteiger partial charge in [0, 0.05) is 43.4 Å². The van der Waals surface area contributed by atoms with Crippen molar-refractivity contribution in [1.82, 2.24) is 9.13 Å². The van der Waals surface area contributed by atoms with E-state index in [0.717, 1.165) is 22.2 Å². The summed E-state index contributed by atoms with van der Waals surface area (Å²) in [4.78, 5) is 0. The number of fused-ring (bicyclic) bond motifs is 14. The normalized spacial score (nSPS) is 12.7. The third-order valence-corrected chi connectivity index (χ3v) is 12.0. The van der Waals surface area contributed by atoms with Crippen LogP contribution in [0.25, 0.3) is 110 Å². The molecule has 0 aliphatic heterocycles. The number of rotatable bonds is 3. The molecule has 4 heterocycles. The van der Waals surface area contributed by atoms with Gasteiger partial charge in [-0.15, -0.1) is 0 Å². The lowest BCUT2D eigenvalue weighted by Crippen LogP contribution is -2.15. The van der Waals surface area contributed by atoms with Gasteiger partial charge in [0.25, 0.3) is 0 Å². The summed E-state index contributed by atoms with van der Waals surface area (Å²) in [6.07, 6.45) is -10.4. The molecule has 5 nitrogen and oxygen atoms in total. The maximum absolute atomic E-state index is 15.4. The van der Waals surface area contributed by atoms with Gasteiger partial charge in [-0.05, 0) is 72.8 Å². The minimum absolute atomic E-state index is 0.00409. The number of alkyl halides is 6. The summed E-state index contributed by atoms with van der Waals surface area (Å²) in [7, 11) is 0. The Morgan fingerprint density at radius 3 is 1.37 bits per heavy atom. The molecular formula is C51H25F6N3O2. The van der Waals surface area contributed by atoms with Crippen LogP contribution in [0.3, 0.4) is 0 Å². The van der Waals surface area contributed by atoms with E-state index < -0.39 is 29.0 Å². The monoisotopic (exact) mass is 825 g/mol. The van der Waals surface area contributed by atoms with E-state index in [0.29, 0.717) is 83.5 Å². The van der Waals surface area contributed by atoms with E-state index in [1.807, 2.05) is 97.1 Å². The second-order valence-electron chi connectivity index (χ2n) is 15.3. The van der Waals surface area contributed by atoms with Crippen molar-refractivity contribution < 1.29 is 35.2 Å². The molecule has 0 saturated heterocycles. The summed E-state index contributed by atoms with van der Waals surface area (Å²) in [5.41, 5.74) is -0.113. The molecule has 0 spiro atoms. The van der Waals surface area contributed by atoms with Gasteiger partial charge in [-0.3, -0.25) is 0 Å². The summed E-state index contributed by atoms with van der Waals surface area (Å²) in [5.74, 6) is 0. The maximum atomic E-state index is 15.4. The Morgan fingerprint density at radius 1 is 0.435 bits per heavy atom. The molecule has 0 amide bonds. The predicted molar refractivity (Wildman–Crippen MR) is 230 cm³/mol. The van der Waals surface area contributed by atoms with Crippen molar-refractivity contribution in [2.24, 2.45) is 0 Å². The minimum Gasteiger partial charge on any atom is -0.456 e. The van der Waals surface area contributed by atoms with Crippen LogP contribution < -0.4 is 0 Å². The van der Waals surface area contributed by atoms with Crippen LogP contribution in [0.15, 0.2) is 160 Å². The van der Waals surface area contributed by atoms with Gasteiger partial charge in [-0.1, -0.05) is 78.9 Å². The largest absolute Gasteiger partial charge is 0.456 e. The fourth-order valence-electron chi connectivity index (χ4n) is 9.58. The number of halogens is 6. The lowest BCUT2D eigenvalue weighted by atomic mass is 9.90. The van der Waals surface area contributed by atoms with Crippen LogP contribution in [-0.2, 0) is 12.4 Å². The van der Waals surface area contributed by atoms with Crippen molar-refractivity contribution in [3.8, 4) is 28.6 Å². The summed E-state index contributed by atoms with van der Waals surface area (Å²) in [6.45, 7) is 0. The minimum atomic E-state index is -5.22. The van der Waals surface area contributed by atoms with Crippen molar-refractivity contribution >= 4 is 87.5 Å². The Labute approximate surface area is 345 Å². The molecular weight excluding hydrogens is 801 g/mol. The molecule has 0 bridgehead atoms. The molecule has 0 radical (unpaired) electrons. The van der Waals surface area contributed by atoms with Crippen molar-refractivity contribution in [3.63, 3.8) is 0 Å². The highest BCUT2D eigenvalue weighted by molar-refractivity contribution is 6.26. The van der Waals surface area contributed by atoms with Crippen LogP contribution in [-0.4, -0.2) is 9.13 Å². The van der Waals surface area contributed by atoms with Gasteiger partial charge in [0.2, 0.25) is 0 Å². The molecule has 0 saturated carbocycles. The van der Waals surface area contributed by atoms with E-state index in [9.17, 15) is 5.26 Å². The van der Waals surface area contributed by atoms with Crippen LogP contribution >= 0.6 is 0 Å². The van der Waals surface area contributed by atoms with Crippen LogP contribution in [0.4, 0.5) is 26.3 Å². The molecule has 0 aliphatic carbocycles. The highest BCUT2D eigenvalue weighted by Crippen LogP contribution is 2.50. The average molecular weight is 826 g/mol. The molecule has 0 fully saturated rings. The third-order valence-electron chi connectivity index (χ3n) is 12.0. The fraction of sp³-hybridized carbons (Fsp3) is 0.0392. The predicted octanol–water partition coefficient (Wildman–Crippen LogP) is 15.3. The zero-order valence-electron chi connectivity index (χ0n) is 31.9. The number of benzene rings is 8. The first-order valence-electron chi connectivity index (χ1n) is 19.5. The Morgan fingerprint density at radius 2 is 0.887 bits per heavy atom. The summed E-state index contributed by atoms with van der Waals surface area (Å²) in [5, 5.41) is 16.8. The van der Waals surface area contributed by atoms with Crippen molar-refractivity contribution in [2.75, 3.05) is 0 Å². The smallest absolute Gasteiger partial charge is 0.417 e. The van der Waals surface area contributed by atoms with E-state index in [1.165, 1.54) is 12.1 Å². The zero-order chi connectivity index (χ0) is 42.2. The molecule has 4 aromatic heterocycles. The van der Waals surface area contributed by atoms with Gasteiger partial charge in [-0.25, -0.2) is 0 Å². The number of hydrogen-bond acceptors (Lipinski definition) is 3. The van der Waals surface area contributed by atoms with Crippen LogP contribution in [0.5, 0.6) is 0 Å². The van der Waals surface area contributed by atoms with Gasteiger partial charge in [0.1, 0.15) is 28.4 Å². The standard InChI is InChI=1S/C51H25F6N3O2/c52-50(53,54)35-14-9-15-36(51(55,56)57)45(35)34-25-39(59-37-16-5-1-10-28(37)30-20-22-43-46(48(30)59)32-12-3-7-18-41(32)61-43)27(26-58)24-40(34)60-38-17-6-2-11-29(38)31-21-23-44-47(49(31)60)33-13-4-8-19-42(33)62-44/h1-25H. The number of aromatic nitrogens is 2. The Bertz CT molecular complexity index is 3900. The quantitative estimate of drug-likeness (QED) is 0.167. The van der Waals surface area contributed by atoms with Crippen molar-refractivity contribution in [2.45, 2.75) is 12.4 Å². The molecule has 0 atom stereocenters. The summed E-state index contributed by atoms with van der Waals surface area (Å²) >= 11 is 0. The third kappa shape index (κ3) is 4.92. The van der Waals surface area contributed by atoms with Crippen LogP contribution in [0, 0.1) is 11.3 Å². The molecule has 298 valence electrons. The lowest BCUT2D eigenvalue weighted by Gasteiger charge is -2.24. The first-order valence-corrected chi connectivity index (χ1v) is 19.5. The SMILES string of the molecule is N#Cc1cc(-n2c3ccccc3c3ccc4oc5ccccc5c4c32)c(-c2c(C(F)(F)F)cccc2C(F)(F)F)cc1-n1c2ccccc2c2ccc3oc4ccccc4c3c21. The van der Waals surface area contributed by atoms with Gasteiger partial charge in [-0.2, -0.15) is 31.6 Å². The fourth-order valence-corrected chi connectivity index (χ4v) is 9.58. The topological polar surface area (TPSA) is 59.9 Å². The average Bonchev–Trinajstić information content (AvgIpc) is 4.02. The van der Waals surface area contributed by atoms with Gasteiger partial charge >= 0.3 is 12.4 Å². The maximum Gasteiger partial charge on any atom is 0.417 e. The molecule has 0 N–H and O–H groups in total. The highest BCUT2D eigenvalue weighted by Gasteiger charge is 2.42. The first kappa shape index (κ1) is 35.9. The number of furan rings is 2. The second kappa shape index (κ2) is 12.5. The van der Waals surface area contributed by atoms with Gasteiger partial charge < -0.3 is 18.0 Å². The number of nitriles is 1. The molecule has 62 heavy (non-hydrogen) atoms. The Balaban J connectivity index is 1.33. The van der Waals surface area contributed by atoms with E-state index >= 15 is 26.3 Å². The Hall–Kier alpha value is -7.97.